The Hall–Kier alpha value is -0.810. The fourth-order valence-corrected chi connectivity index (χ4v) is 1.85. The van der Waals surface area contributed by atoms with Gasteiger partial charge >= 0.3 is 6.09 Å². The first-order valence-corrected chi connectivity index (χ1v) is 6.11. The number of carbonyl (C=O) groups is 1. The van der Waals surface area contributed by atoms with Gasteiger partial charge in [0.25, 0.3) is 0 Å². The zero-order valence-corrected chi connectivity index (χ0v) is 11.4. The van der Waals surface area contributed by atoms with Gasteiger partial charge in [0, 0.05) is 12.6 Å². The highest BCUT2D eigenvalue weighted by Gasteiger charge is 2.36. The predicted molar refractivity (Wildman–Crippen MR) is 65.9 cm³/mol. The average Bonchev–Trinajstić information content (AvgIpc) is 2.44. The van der Waals surface area contributed by atoms with Gasteiger partial charge in [0.05, 0.1) is 18.7 Å². The molecule has 1 aliphatic rings. The lowest BCUT2D eigenvalue weighted by atomic mass is 10.2. The Morgan fingerprint density at radius 1 is 1.41 bits per heavy atom. The maximum absolute atomic E-state index is 11.8. The van der Waals surface area contributed by atoms with Crippen molar-refractivity contribution < 1.29 is 14.6 Å². The highest BCUT2D eigenvalue weighted by atomic mass is 16.6. The van der Waals surface area contributed by atoms with Crippen LogP contribution in [-0.2, 0) is 4.74 Å². The number of likely N-dealkylation sites (tertiary alicyclic amines) is 1. The number of rotatable bonds is 2. The first-order chi connectivity index (χ1) is 7.69. The Bertz CT molecular complexity index is 273. The molecule has 1 rings (SSSR count). The van der Waals surface area contributed by atoms with Crippen LogP contribution >= 0.6 is 0 Å². The van der Waals surface area contributed by atoms with Crippen LogP contribution < -0.4 is 5.32 Å². The highest BCUT2D eigenvalue weighted by Crippen LogP contribution is 2.16. The molecule has 0 bridgehead atoms. The minimum atomic E-state index is -0.523. The van der Waals surface area contributed by atoms with E-state index in [1.807, 2.05) is 34.6 Å². The van der Waals surface area contributed by atoms with E-state index in [-0.39, 0.29) is 18.2 Å². The average molecular weight is 244 g/mol. The molecule has 17 heavy (non-hydrogen) atoms. The molecule has 1 fully saturated rings. The lowest BCUT2D eigenvalue weighted by molar-refractivity contribution is 0.0270. The molecule has 1 heterocycles. The third-order valence-corrected chi connectivity index (χ3v) is 2.49. The fraction of sp³-hybridized carbons (Fsp3) is 0.917. The zero-order valence-electron chi connectivity index (χ0n) is 11.4. The van der Waals surface area contributed by atoms with Crippen LogP contribution in [-0.4, -0.2) is 53.0 Å². The predicted octanol–water partition coefficient (Wildman–Crippen LogP) is 0.965. The van der Waals surface area contributed by atoms with Crippen LogP contribution in [0.15, 0.2) is 0 Å². The molecule has 1 saturated heterocycles. The van der Waals surface area contributed by atoms with Gasteiger partial charge in [-0.15, -0.1) is 0 Å². The number of β-amino-alcohol motifs (C(OH)–C–C–N with tert-alkyl or cyclic N) is 1. The molecule has 0 unspecified atom stereocenters. The van der Waals surface area contributed by atoms with Gasteiger partial charge in [-0.2, -0.15) is 0 Å². The van der Waals surface area contributed by atoms with Crippen molar-refractivity contribution in [2.24, 2.45) is 0 Å². The summed E-state index contributed by atoms with van der Waals surface area (Å²) in [5.74, 6) is 0. The number of amides is 1. The van der Waals surface area contributed by atoms with Gasteiger partial charge in [-0.25, -0.2) is 4.79 Å². The molecule has 2 N–H and O–H groups in total. The molecular formula is C12H24N2O3. The van der Waals surface area contributed by atoms with E-state index in [0.29, 0.717) is 13.1 Å². The minimum absolute atomic E-state index is 0.0671. The van der Waals surface area contributed by atoms with Gasteiger partial charge < -0.3 is 20.1 Å². The molecule has 0 radical (unpaired) electrons. The van der Waals surface area contributed by atoms with Gasteiger partial charge in [0.15, 0.2) is 0 Å². The molecule has 0 aromatic carbocycles. The Morgan fingerprint density at radius 2 is 2.00 bits per heavy atom. The van der Waals surface area contributed by atoms with Crippen molar-refractivity contribution in [1.82, 2.24) is 10.2 Å². The third-order valence-electron chi connectivity index (χ3n) is 2.49. The maximum Gasteiger partial charge on any atom is 0.410 e. The van der Waals surface area contributed by atoms with Crippen LogP contribution in [0, 0.1) is 0 Å². The Kier molecular flexibility index (Phi) is 4.38. The number of hydrogen-bond donors (Lipinski definition) is 2. The summed E-state index contributed by atoms with van der Waals surface area (Å²) in [5, 5.41) is 13.1. The molecule has 5 heteroatoms. The molecule has 1 aliphatic heterocycles. The molecule has 0 aromatic heterocycles. The quantitative estimate of drug-likeness (QED) is 0.759. The molecule has 0 spiro atoms. The van der Waals surface area contributed by atoms with Crippen LogP contribution in [0.25, 0.3) is 0 Å². The van der Waals surface area contributed by atoms with Crippen LogP contribution in [0.2, 0.25) is 0 Å². The minimum Gasteiger partial charge on any atom is -0.444 e. The van der Waals surface area contributed by atoms with Gasteiger partial charge in [0.2, 0.25) is 0 Å². The van der Waals surface area contributed by atoms with Crippen molar-refractivity contribution in [2.75, 3.05) is 13.1 Å². The van der Waals surface area contributed by atoms with Crippen LogP contribution in [0.5, 0.6) is 0 Å². The van der Waals surface area contributed by atoms with E-state index in [0.717, 1.165) is 0 Å². The van der Waals surface area contributed by atoms with Crippen molar-refractivity contribution in [2.45, 2.75) is 58.4 Å². The summed E-state index contributed by atoms with van der Waals surface area (Å²) >= 11 is 0. The van der Waals surface area contributed by atoms with E-state index in [1.165, 1.54) is 0 Å². The molecule has 1 amide bonds. The normalized spacial score (nSPS) is 25.5. The molecule has 5 nitrogen and oxygen atoms in total. The lowest BCUT2D eigenvalue weighted by Crippen LogP contribution is -2.43. The number of aliphatic hydroxyl groups is 1. The number of ether oxygens (including phenoxy) is 1. The first-order valence-electron chi connectivity index (χ1n) is 6.11. The van der Waals surface area contributed by atoms with E-state index < -0.39 is 11.7 Å². The topological polar surface area (TPSA) is 61.8 Å². The van der Waals surface area contributed by atoms with Crippen LogP contribution in [0.3, 0.4) is 0 Å². The van der Waals surface area contributed by atoms with E-state index >= 15 is 0 Å². The third kappa shape index (κ3) is 4.52. The number of nitrogens with zero attached hydrogens (tertiary/aromatic N) is 1. The van der Waals surface area contributed by atoms with Gasteiger partial charge in [0.1, 0.15) is 5.60 Å². The van der Waals surface area contributed by atoms with Gasteiger partial charge in [-0.3, -0.25) is 0 Å². The van der Waals surface area contributed by atoms with Crippen molar-refractivity contribution in [3.8, 4) is 0 Å². The highest BCUT2D eigenvalue weighted by molar-refractivity contribution is 5.68. The van der Waals surface area contributed by atoms with E-state index in [2.05, 4.69) is 5.32 Å². The summed E-state index contributed by atoms with van der Waals surface area (Å²) < 4.78 is 5.27. The fourth-order valence-electron chi connectivity index (χ4n) is 1.85. The molecular weight excluding hydrogens is 220 g/mol. The molecule has 0 aromatic rings. The Labute approximate surface area is 103 Å². The monoisotopic (exact) mass is 244 g/mol. The maximum atomic E-state index is 11.8. The first kappa shape index (κ1) is 14.3. The summed E-state index contributed by atoms with van der Waals surface area (Å²) in [7, 11) is 0. The van der Waals surface area contributed by atoms with Crippen molar-refractivity contribution >= 4 is 6.09 Å². The van der Waals surface area contributed by atoms with E-state index in [9.17, 15) is 9.90 Å². The standard InChI is InChI=1S/C12H24N2O3/c1-8(2)13-9-6-14(7-10(9)15)11(16)17-12(3,4)5/h8-10,13,15H,6-7H2,1-5H3/t9-,10-/m0/s1. The second-order valence-electron chi connectivity index (χ2n) is 5.88. The Morgan fingerprint density at radius 3 is 2.47 bits per heavy atom. The number of nitrogens with one attached hydrogen (secondary N) is 1. The van der Waals surface area contributed by atoms with E-state index in [1.54, 1.807) is 4.90 Å². The van der Waals surface area contributed by atoms with E-state index in [4.69, 9.17) is 4.74 Å². The van der Waals surface area contributed by atoms with Gasteiger partial charge in [-0.05, 0) is 20.8 Å². The molecule has 0 saturated carbocycles. The summed E-state index contributed by atoms with van der Waals surface area (Å²) in [6, 6.07) is 0.218. The van der Waals surface area contributed by atoms with Crippen molar-refractivity contribution in [3.63, 3.8) is 0 Å². The lowest BCUT2D eigenvalue weighted by Gasteiger charge is -2.24. The van der Waals surface area contributed by atoms with Crippen LogP contribution in [0.1, 0.15) is 34.6 Å². The number of hydrogen-bond acceptors (Lipinski definition) is 4. The number of aliphatic hydroxyl groups excluding tert-OH is 1. The van der Waals surface area contributed by atoms with Crippen molar-refractivity contribution in [3.05, 3.63) is 0 Å². The Balaban J connectivity index is 2.51. The molecule has 0 aliphatic carbocycles. The summed E-state index contributed by atoms with van der Waals surface area (Å²) in [6.45, 7) is 10.4. The number of carbonyl (C=O) groups excluding carboxylic acids is 1. The second-order valence-corrected chi connectivity index (χ2v) is 5.88. The van der Waals surface area contributed by atoms with Crippen molar-refractivity contribution in [1.29, 1.82) is 0 Å². The zero-order chi connectivity index (χ0) is 13.2. The molecule has 2 atom stereocenters. The summed E-state index contributed by atoms with van der Waals surface area (Å²) in [4.78, 5) is 13.4. The van der Waals surface area contributed by atoms with Crippen LogP contribution in [0.4, 0.5) is 4.79 Å². The SMILES string of the molecule is CC(C)N[C@H]1CN(C(=O)OC(C)(C)C)C[C@@H]1O. The molecule has 100 valence electrons. The largest absolute Gasteiger partial charge is 0.444 e. The summed E-state index contributed by atoms with van der Waals surface area (Å²) in [6.07, 6.45) is -0.880. The van der Waals surface area contributed by atoms with Gasteiger partial charge in [-0.1, -0.05) is 13.8 Å². The summed E-state index contributed by atoms with van der Waals surface area (Å²) in [5.41, 5.74) is -0.494. The smallest absolute Gasteiger partial charge is 0.410 e. The second kappa shape index (κ2) is 5.23.